The Morgan fingerprint density at radius 1 is 1.14 bits per heavy atom. The number of alkyl halides is 3. The summed E-state index contributed by atoms with van der Waals surface area (Å²) >= 11 is 0. The minimum atomic E-state index is -4.42. The summed E-state index contributed by atoms with van der Waals surface area (Å²) in [4.78, 5) is 4.27. The second kappa shape index (κ2) is 6.13. The van der Waals surface area contributed by atoms with Gasteiger partial charge in [0.05, 0.1) is 11.3 Å². The van der Waals surface area contributed by atoms with Crippen LogP contribution >= 0.6 is 0 Å². The molecule has 0 saturated carbocycles. The van der Waals surface area contributed by atoms with Crippen molar-refractivity contribution in [1.82, 2.24) is 4.90 Å². The molecule has 2 rings (SSSR count). The number of phenols is 1. The minimum absolute atomic E-state index is 0.304. The molecule has 0 radical (unpaired) electrons. The molecule has 21 heavy (non-hydrogen) atoms. The average Bonchev–Trinajstić information content (AvgIpc) is 2.38. The van der Waals surface area contributed by atoms with Gasteiger partial charge in [0.25, 0.3) is 0 Å². The summed E-state index contributed by atoms with van der Waals surface area (Å²) in [5, 5.41) is 9.86. The maximum absolute atomic E-state index is 12.6. The van der Waals surface area contributed by atoms with Crippen molar-refractivity contribution in [3.8, 4) is 5.75 Å². The fourth-order valence-corrected chi connectivity index (χ4v) is 2.65. The molecule has 1 N–H and O–H groups in total. The van der Waals surface area contributed by atoms with E-state index in [-0.39, 0.29) is 5.75 Å². The van der Waals surface area contributed by atoms with E-state index in [1.807, 2.05) is 4.90 Å². The first kappa shape index (κ1) is 15.9. The van der Waals surface area contributed by atoms with Crippen LogP contribution < -0.4 is 4.90 Å². The van der Waals surface area contributed by atoms with Crippen LogP contribution in [0.5, 0.6) is 5.75 Å². The molecular formula is C15H21F3N2O. The van der Waals surface area contributed by atoms with Gasteiger partial charge in [-0.1, -0.05) is 13.8 Å². The van der Waals surface area contributed by atoms with Crippen molar-refractivity contribution in [3.05, 3.63) is 23.8 Å². The van der Waals surface area contributed by atoms with E-state index >= 15 is 0 Å². The largest absolute Gasteiger partial charge is 0.506 e. The monoisotopic (exact) mass is 302 g/mol. The van der Waals surface area contributed by atoms with Crippen LogP contribution in [0.2, 0.25) is 0 Å². The van der Waals surface area contributed by atoms with Crippen LogP contribution in [-0.4, -0.2) is 42.7 Å². The number of nitrogens with zero attached hydrogens (tertiary/aromatic N) is 2. The van der Waals surface area contributed by atoms with Crippen molar-refractivity contribution >= 4 is 5.69 Å². The van der Waals surface area contributed by atoms with Crippen molar-refractivity contribution in [1.29, 1.82) is 0 Å². The number of piperazine rings is 1. The number of hydrogen-bond donors (Lipinski definition) is 1. The number of benzene rings is 1. The molecule has 0 bridgehead atoms. The van der Waals surface area contributed by atoms with E-state index in [1.54, 1.807) is 0 Å². The number of aromatic hydroxyl groups is 1. The Labute approximate surface area is 123 Å². The molecule has 1 heterocycles. The Hall–Kier alpha value is -1.43. The van der Waals surface area contributed by atoms with E-state index in [4.69, 9.17) is 0 Å². The lowest BCUT2D eigenvalue weighted by Gasteiger charge is -2.37. The molecule has 6 heteroatoms. The number of halogens is 3. The van der Waals surface area contributed by atoms with Gasteiger partial charge in [-0.25, -0.2) is 0 Å². The molecule has 1 aliphatic rings. The molecule has 1 aromatic rings. The molecular weight excluding hydrogens is 281 g/mol. The van der Waals surface area contributed by atoms with Gasteiger partial charge in [0.2, 0.25) is 0 Å². The van der Waals surface area contributed by atoms with Gasteiger partial charge in [-0.05, 0) is 24.1 Å². The molecule has 0 atom stereocenters. The third-order valence-corrected chi connectivity index (χ3v) is 3.64. The molecule has 118 valence electrons. The van der Waals surface area contributed by atoms with E-state index in [0.717, 1.165) is 31.8 Å². The highest BCUT2D eigenvalue weighted by Gasteiger charge is 2.31. The van der Waals surface area contributed by atoms with Crippen molar-refractivity contribution in [3.63, 3.8) is 0 Å². The SMILES string of the molecule is CC(C)CN1CCN(c2ccc(C(F)(F)F)cc2O)CC1. The van der Waals surface area contributed by atoms with Crippen LogP contribution in [0.4, 0.5) is 18.9 Å². The molecule has 0 amide bonds. The van der Waals surface area contributed by atoms with Crippen molar-refractivity contribution in [2.24, 2.45) is 5.92 Å². The summed E-state index contributed by atoms with van der Waals surface area (Å²) in [6, 6.07) is 3.18. The normalized spacial score (nSPS) is 17.5. The Morgan fingerprint density at radius 3 is 2.24 bits per heavy atom. The summed E-state index contributed by atoms with van der Waals surface area (Å²) in [6.07, 6.45) is -4.42. The van der Waals surface area contributed by atoms with Gasteiger partial charge in [-0.3, -0.25) is 4.90 Å². The first-order chi connectivity index (χ1) is 9.77. The summed E-state index contributed by atoms with van der Waals surface area (Å²) in [5.41, 5.74) is -0.339. The van der Waals surface area contributed by atoms with Gasteiger partial charge in [0.1, 0.15) is 5.75 Å². The summed E-state index contributed by atoms with van der Waals surface area (Å²) in [7, 11) is 0. The fourth-order valence-electron chi connectivity index (χ4n) is 2.65. The molecule has 0 aromatic heterocycles. The number of anilines is 1. The zero-order chi connectivity index (χ0) is 15.6. The predicted molar refractivity (Wildman–Crippen MR) is 76.6 cm³/mol. The van der Waals surface area contributed by atoms with Crippen molar-refractivity contribution in [2.45, 2.75) is 20.0 Å². The van der Waals surface area contributed by atoms with Crippen LogP contribution in [0.15, 0.2) is 18.2 Å². The Kier molecular flexibility index (Phi) is 4.66. The lowest BCUT2D eigenvalue weighted by molar-refractivity contribution is -0.137. The lowest BCUT2D eigenvalue weighted by atomic mass is 10.1. The third kappa shape index (κ3) is 4.03. The first-order valence-corrected chi connectivity index (χ1v) is 7.15. The molecule has 1 saturated heterocycles. The van der Waals surface area contributed by atoms with Crippen molar-refractivity contribution in [2.75, 3.05) is 37.6 Å². The highest BCUT2D eigenvalue weighted by Crippen LogP contribution is 2.36. The van der Waals surface area contributed by atoms with Gasteiger partial charge < -0.3 is 10.0 Å². The topological polar surface area (TPSA) is 26.7 Å². The van der Waals surface area contributed by atoms with Gasteiger partial charge in [-0.2, -0.15) is 13.2 Å². The van der Waals surface area contributed by atoms with E-state index < -0.39 is 11.7 Å². The zero-order valence-corrected chi connectivity index (χ0v) is 12.3. The highest BCUT2D eigenvalue weighted by molar-refractivity contribution is 5.59. The molecule has 3 nitrogen and oxygen atoms in total. The third-order valence-electron chi connectivity index (χ3n) is 3.64. The van der Waals surface area contributed by atoms with Gasteiger partial charge in [0, 0.05) is 32.7 Å². The number of rotatable bonds is 3. The molecule has 0 aliphatic carbocycles. The van der Waals surface area contributed by atoms with Crippen molar-refractivity contribution < 1.29 is 18.3 Å². The molecule has 0 unspecified atom stereocenters. The van der Waals surface area contributed by atoms with E-state index in [0.29, 0.717) is 24.7 Å². The quantitative estimate of drug-likeness (QED) is 0.929. The van der Waals surface area contributed by atoms with Crippen LogP contribution in [0.3, 0.4) is 0 Å². The zero-order valence-electron chi connectivity index (χ0n) is 12.3. The van der Waals surface area contributed by atoms with E-state index in [1.165, 1.54) is 6.07 Å². The van der Waals surface area contributed by atoms with Crippen LogP contribution in [0, 0.1) is 5.92 Å². The summed E-state index contributed by atoms with van der Waals surface area (Å²) < 4.78 is 37.7. The minimum Gasteiger partial charge on any atom is -0.506 e. The first-order valence-electron chi connectivity index (χ1n) is 7.15. The second-order valence-corrected chi connectivity index (χ2v) is 5.88. The van der Waals surface area contributed by atoms with Gasteiger partial charge in [-0.15, -0.1) is 0 Å². The maximum Gasteiger partial charge on any atom is 0.416 e. The number of hydrogen-bond acceptors (Lipinski definition) is 3. The molecule has 1 fully saturated rings. The van der Waals surface area contributed by atoms with Crippen LogP contribution in [0.1, 0.15) is 19.4 Å². The predicted octanol–water partition coefficient (Wildman–Crippen LogP) is 3.19. The lowest BCUT2D eigenvalue weighted by Crippen LogP contribution is -2.47. The Bertz CT molecular complexity index is 480. The average molecular weight is 302 g/mol. The second-order valence-electron chi connectivity index (χ2n) is 5.88. The summed E-state index contributed by atoms with van der Waals surface area (Å²) in [6.45, 7) is 8.49. The maximum atomic E-state index is 12.6. The smallest absolute Gasteiger partial charge is 0.416 e. The molecule has 1 aliphatic heterocycles. The standard InChI is InChI=1S/C15H21F3N2O/c1-11(2)10-19-5-7-20(8-6-19)13-4-3-12(9-14(13)21)15(16,17)18/h3-4,9,11,21H,5-8,10H2,1-2H3. The van der Waals surface area contributed by atoms with Gasteiger partial charge >= 0.3 is 6.18 Å². The Morgan fingerprint density at radius 2 is 1.76 bits per heavy atom. The Balaban J connectivity index is 2.04. The van der Waals surface area contributed by atoms with Gasteiger partial charge in [0.15, 0.2) is 0 Å². The summed E-state index contributed by atoms with van der Waals surface area (Å²) in [5.74, 6) is 0.290. The molecule has 1 aromatic carbocycles. The van der Waals surface area contributed by atoms with Crippen LogP contribution in [-0.2, 0) is 6.18 Å². The van der Waals surface area contributed by atoms with E-state index in [9.17, 15) is 18.3 Å². The molecule has 0 spiro atoms. The number of phenolic OH excluding ortho intramolecular Hbond substituents is 1. The van der Waals surface area contributed by atoms with Crippen LogP contribution in [0.25, 0.3) is 0 Å². The fraction of sp³-hybridized carbons (Fsp3) is 0.600. The van der Waals surface area contributed by atoms with E-state index in [2.05, 4.69) is 18.7 Å². The highest BCUT2D eigenvalue weighted by atomic mass is 19.4.